The molecule has 7 heteroatoms. The van der Waals surface area contributed by atoms with Crippen LogP contribution in [-0.4, -0.2) is 48.7 Å². The number of rotatable bonds is 34. The summed E-state index contributed by atoms with van der Waals surface area (Å²) in [5, 5.41) is 0. The summed E-state index contributed by atoms with van der Waals surface area (Å²) in [6.07, 6.45) is 30.6. The maximum absolute atomic E-state index is 12.7. The second-order valence-electron chi connectivity index (χ2n) is 14.5. The third kappa shape index (κ3) is 44.3. The molecule has 0 radical (unpaired) electrons. The van der Waals surface area contributed by atoms with Crippen molar-refractivity contribution in [2.24, 2.45) is 0 Å². The fourth-order valence-electron chi connectivity index (χ4n) is 5.81. The van der Waals surface area contributed by atoms with Crippen LogP contribution in [0.25, 0.3) is 0 Å². The summed E-state index contributed by atoms with van der Waals surface area (Å²) in [4.78, 5) is 37.5. The molecule has 1 unspecified atom stereocenters. The SMILES string of the molecule is CC#CC#CC#CC#CC#CC#CC#CC#CC(=O)OCC(COC(=O)CCCCCCCCCCCCCCC)OC(=O)CSCCCCCCCCCCCCCC. The molecule has 0 saturated heterocycles. The Kier molecular flexibility index (Phi) is 43.2. The topological polar surface area (TPSA) is 78.9 Å². The first kappa shape index (κ1) is 55.2. The van der Waals surface area contributed by atoms with E-state index in [9.17, 15) is 14.4 Å². The normalized spacial score (nSPS) is 9.72. The Morgan fingerprint density at radius 2 is 0.800 bits per heavy atom. The van der Waals surface area contributed by atoms with E-state index in [-0.39, 0.29) is 24.9 Å². The Morgan fingerprint density at radius 3 is 1.23 bits per heavy atom. The van der Waals surface area contributed by atoms with Crippen LogP contribution in [0.3, 0.4) is 0 Å². The molecule has 324 valence electrons. The molecule has 0 rings (SSSR count). The van der Waals surface area contributed by atoms with Gasteiger partial charge in [-0.2, -0.15) is 11.8 Å². The summed E-state index contributed by atoms with van der Waals surface area (Å²) in [5.74, 6) is 39.2. The standard InChI is InChI=1S/C53H70O6S/c1-4-7-10-13-16-19-22-25-26-28-30-33-36-39-42-45-52(55)58-48-50(47-57-51(54)44-41-38-35-32-29-27-23-20-17-14-11-8-5-2)59-53(56)49-60-46-43-40-37-34-31-24-21-18-15-12-9-6-3/h50H,5-6,8-9,11-12,14-15,17-18,20-21,23-24,27,29,31-32,34-35,37-38,40-41,43-44,46-49H2,1-3H3. The number of ether oxygens (including phenoxy) is 3. The van der Waals surface area contributed by atoms with E-state index in [0.29, 0.717) is 6.42 Å². The van der Waals surface area contributed by atoms with Gasteiger partial charge in [-0.3, -0.25) is 9.59 Å². The predicted molar refractivity (Wildman–Crippen MR) is 248 cm³/mol. The molecule has 0 aliphatic rings. The number of unbranched alkanes of at least 4 members (excludes halogenated alkanes) is 23. The number of hydrogen-bond donors (Lipinski definition) is 0. The summed E-state index contributed by atoms with van der Waals surface area (Å²) >= 11 is 1.52. The molecule has 0 fully saturated rings. The van der Waals surface area contributed by atoms with Crippen molar-refractivity contribution in [1.82, 2.24) is 0 Å². The summed E-state index contributed by atoms with van der Waals surface area (Å²) in [7, 11) is 0. The monoisotopic (exact) mass is 834 g/mol. The average Bonchev–Trinajstić information content (AvgIpc) is 3.24. The lowest BCUT2D eigenvalue weighted by Gasteiger charge is -2.17. The van der Waals surface area contributed by atoms with Gasteiger partial charge in [-0.1, -0.05) is 167 Å². The molecular weight excluding hydrogens is 765 g/mol. The minimum atomic E-state index is -0.945. The molecule has 0 aromatic heterocycles. The van der Waals surface area contributed by atoms with Gasteiger partial charge in [-0.15, -0.1) is 0 Å². The first-order chi connectivity index (χ1) is 29.5. The third-order valence-electron chi connectivity index (χ3n) is 9.08. The summed E-state index contributed by atoms with van der Waals surface area (Å²) in [6.45, 7) is 5.68. The van der Waals surface area contributed by atoms with Gasteiger partial charge in [-0.05, 0) is 108 Å². The van der Waals surface area contributed by atoms with Crippen molar-refractivity contribution in [2.75, 3.05) is 24.7 Å². The summed E-state index contributed by atoms with van der Waals surface area (Å²) < 4.78 is 16.2. The quantitative estimate of drug-likeness (QED) is 0.0210. The molecule has 0 amide bonds. The van der Waals surface area contributed by atoms with E-state index in [1.807, 2.05) is 0 Å². The molecule has 0 N–H and O–H groups in total. The van der Waals surface area contributed by atoms with Crippen molar-refractivity contribution >= 4 is 29.7 Å². The first-order valence-electron chi connectivity index (χ1n) is 22.6. The number of hydrogen-bond acceptors (Lipinski definition) is 7. The van der Waals surface area contributed by atoms with Crippen LogP contribution in [0.4, 0.5) is 0 Å². The van der Waals surface area contributed by atoms with Crippen LogP contribution in [-0.2, 0) is 28.6 Å². The van der Waals surface area contributed by atoms with Crippen molar-refractivity contribution < 1.29 is 28.6 Å². The maximum atomic E-state index is 12.7. The Hall–Kier alpha value is -4.76. The van der Waals surface area contributed by atoms with Crippen LogP contribution < -0.4 is 0 Å². The van der Waals surface area contributed by atoms with Crippen LogP contribution >= 0.6 is 11.8 Å². The zero-order valence-electron chi connectivity index (χ0n) is 37.1. The molecule has 6 nitrogen and oxygen atoms in total. The Labute approximate surface area is 370 Å². The van der Waals surface area contributed by atoms with Crippen molar-refractivity contribution in [2.45, 2.75) is 194 Å². The lowest BCUT2D eigenvalue weighted by molar-refractivity contribution is -0.163. The van der Waals surface area contributed by atoms with Crippen molar-refractivity contribution in [1.29, 1.82) is 0 Å². The highest BCUT2D eigenvalue weighted by molar-refractivity contribution is 7.99. The molecule has 0 spiro atoms. The highest BCUT2D eigenvalue weighted by Crippen LogP contribution is 2.15. The van der Waals surface area contributed by atoms with Gasteiger partial charge in [-0.25, -0.2) is 4.79 Å². The van der Waals surface area contributed by atoms with E-state index < -0.39 is 18.0 Å². The molecule has 0 aromatic rings. The Balaban J connectivity index is 4.71. The zero-order valence-corrected chi connectivity index (χ0v) is 38.0. The number of carbonyl (C=O) groups excluding carboxylic acids is 3. The summed E-state index contributed by atoms with van der Waals surface area (Å²) in [6, 6.07) is 0. The predicted octanol–water partition coefficient (Wildman–Crippen LogP) is 10.9. The molecule has 0 aromatic carbocycles. The van der Waals surface area contributed by atoms with Gasteiger partial charge >= 0.3 is 17.9 Å². The molecular formula is C53H70O6S. The highest BCUT2D eigenvalue weighted by Gasteiger charge is 2.19. The van der Waals surface area contributed by atoms with Crippen LogP contribution in [0.5, 0.6) is 0 Å². The van der Waals surface area contributed by atoms with Crippen molar-refractivity contribution in [3.05, 3.63) is 0 Å². The second-order valence-corrected chi connectivity index (χ2v) is 15.6. The van der Waals surface area contributed by atoms with Crippen LogP contribution in [0.1, 0.15) is 188 Å². The Morgan fingerprint density at radius 1 is 0.433 bits per heavy atom. The van der Waals surface area contributed by atoms with E-state index in [2.05, 4.69) is 109 Å². The third-order valence-corrected chi connectivity index (χ3v) is 10.1. The van der Waals surface area contributed by atoms with Gasteiger partial charge in [0.2, 0.25) is 0 Å². The molecule has 0 bridgehead atoms. The molecule has 0 heterocycles. The first-order valence-corrected chi connectivity index (χ1v) is 23.7. The van der Waals surface area contributed by atoms with Gasteiger partial charge in [0.25, 0.3) is 0 Å². The van der Waals surface area contributed by atoms with E-state index in [1.165, 1.54) is 140 Å². The fraction of sp³-hybridized carbons (Fsp3) is 0.642. The van der Waals surface area contributed by atoms with E-state index in [0.717, 1.165) is 37.9 Å². The van der Waals surface area contributed by atoms with Crippen LogP contribution in [0, 0.1) is 94.7 Å². The van der Waals surface area contributed by atoms with Crippen molar-refractivity contribution in [3.63, 3.8) is 0 Å². The minimum Gasteiger partial charge on any atom is -0.462 e. The van der Waals surface area contributed by atoms with Gasteiger partial charge in [0.05, 0.1) is 5.75 Å². The van der Waals surface area contributed by atoms with Gasteiger partial charge in [0, 0.05) is 12.3 Å². The molecule has 60 heavy (non-hydrogen) atoms. The second kappa shape index (κ2) is 46.9. The zero-order chi connectivity index (χ0) is 43.7. The van der Waals surface area contributed by atoms with E-state index >= 15 is 0 Å². The van der Waals surface area contributed by atoms with Gasteiger partial charge in [0.1, 0.15) is 13.2 Å². The minimum absolute atomic E-state index is 0.168. The molecule has 0 saturated carbocycles. The average molecular weight is 835 g/mol. The largest absolute Gasteiger partial charge is 0.462 e. The smallest absolute Gasteiger partial charge is 0.385 e. The van der Waals surface area contributed by atoms with Gasteiger partial charge in [0.15, 0.2) is 6.10 Å². The van der Waals surface area contributed by atoms with Crippen molar-refractivity contribution in [3.8, 4) is 94.7 Å². The number of esters is 3. The van der Waals surface area contributed by atoms with E-state index in [1.54, 1.807) is 6.92 Å². The highest BCUT2D eigenvalue weighted by atomic mass is 32.2. The molecule has 1 atom stereocenters. The molecule has 0 aliphatic carbocycles. The van der Waals surface area contributed by atoms with Gasteiger partial charge < -0.3 is 14.2 Å². The number of thioether (sulfide) groups is 1. The van der Waals surface area contributed by atoms with E-state index in [4.69, 9.17) is 14.2 Å². The molecule has 0 aliphatic heterocycles. The number of carbonyl (C=O) groups is 3. The lowest BCUT2D eigenvalue weighted by Crippen LogP contribution is -2.31. The summed E-state index contributed by atoms with van der Waals surface area (Å²) in [5.41, 5.74) is 0. The lowest BCUT2D eigenvalue weighted by atomic mass is 10.0. The fourth-order valence-corrected chi connectivity index (χ4v) is 6.59. The van der Waals surface area contributed by atoms with Crippen LogP contribution in [0.2, 0.25) is 0 Å². The maximum Gasteiger partial charge on any atom is 0.385 e. The van der Waals surface area contributed by atoms with Crippen LogP contribution in [0.15, 0.2) is 0 Å². The Bertz CT molecular complexity index is 1680.